The summed E-state index contributed by atoms with van der Waals surface area (Å²) in [4.78, 5) is 72.4. The minimum atomic E-state index is -5.02. The van der Waals surface area contributed by atoms with E-state index in [2.05, 4.69) is 113 Å². The molecule has 5 atom stereocenters. The van der Waals surface area contributed by atoms with Crippen molar-refractivity contribution in [3.05, 3.63) is 134 Å². The number of phosphoric acid groups is 2. The number of esters is 4. The van der Waals surface area contributed by atoms with Crippen LogP contribution in [0, 0.1) is 0 Å². The summed E-state index contributed by atoms with van der Waals surface area (Å²) in [5.74, 6) is -2.49. The van der Waals surface area contributed by atoms with E-state index < -0.39 is 97.5 Å². The molecule has 0 aliphatic heterocycles. The van der Waals surface area contributed by atoms with Gasteiger partial charge in [0, 0.05) is 12.8 Å². The van der Waals surface area contributed by atoms with Crippen molar-refractivity contribution in [2.24, 2.45) is 0 Å². The molecular formula is C75H124O17P2. The van der Waals surface area contributed by atoms with Crippen molar-refractivity contribution in [1.82, 2.24) is 0 Å². The van der Waals surface area contributed by atoms with Crippen molar-refractivity contribution < 1.29 is 80.2 Å². The highest BCUT2D eigenvalue weighted by atomic mass is 31.2. The van der Waals surface area contributed by atoms with Gasteiger partial charge in [-0.3, -0.25) is 37.3 Å². The van der Waals surface area contributed by atoms with Gasteiger partial charge in [0.1, 0.15) is 19.3 Å². The van der Waals surface area contributed by atoms with Crippen LogP contribution in [0.5, 0.6) is 0 Å². The summed E-state index contributed by atoms with van der Waals surface area (Å²) in [6.07, 6.45) is 72.5. The number of carbonyl (C=O) groups is 4. The summed E-state index contributed by atoms with van der Waals surface area (Å²) in [6, 6.07) is 0. The monoisotopic (exact) mass is 1360 g/mol. The molecule has 0 amide bonds. The molecule has 0 bridgehead atoms. The third-order valence-electron chi connectivity index (χ3n) is 14.2. The highest BCUT2D eigenvalue weighted by Gasteiger charge is 2.30. The predicted molar refractivity (Wildman–Crippen MR) is 381 cm³/mol. The van der Waals surface area contributed by atoms with E-state index >= 15 is 0 Å². The molecule has 0 aliphatic rings. The maximum Gasteiger partial charge on any atom is 0.472 e. The Labute approximate surface area is 567 Å². The smallest absolute Gasteiger partial charge is 0.462 e. The molecule has 0 saturated carbocycles. The average molecular weight is 1360 g/mol. The molecule has 0 aliphatic carbocycles. The summed E-state index contributed by atoms with van der Waals surface area (Å²) in [5.41, 5.74) is 0. The van der Waals surface area contributed by atoms with E-state index in [1.54, 1.807) is 18.2 Å². The topological polar surface area (TPSA) is 237 Å². The van der Waals surface area contributed by atoms with Gasteiger partial charge in [-0.1, -0.05) is 271 Å². The van der Waals surface area contributed by atoms with E-state index in [1.807, 2.05) is 30.4 Å². The zero-order valence-electron chi connectivity index (χ0n) is 58.1. The molecule has 0 radical (unpaired) electrons. The molecule has 19 heteroatoms. The van der Waals surface area contributed by atoms with E-state index in [4.69, 9.17) is 37.0 Å². The first kappa shape index (κ1) is 89.2. The third-order valence-corrected chi connectivity index (χ3v) is 16.1. The molecule has 17 nitrogen and oxygen atoms in total. The van der Waals surface area contributed by atoms with Gasteiger partial charge in [0.25, 0.3) is 0 Å². The van der Waals surface area contributed by atoms with Gasteiger partial charge in [-0.25, -0.2) is 9.13 Å². The molecular weight excluding hydrogens is 1230 g/mol. The van der Waals surface area contributed by atoms with Crippen LogP contribution in [0.25, 0.3) is 0 Å². The molecule has 0 spiro atoms. The van der Waals surface area contributed by atoms with E-state index in [0.717, 1.165) is 109 Å². The van der Waals surface area contributed by atoms with Crippen LogP contribution in [-0.4, -0.2) is 96.7 Å². The maximum absolute atomic E-state index is 13.0. The highest BCUT2D eigenvalue weighted by Crippen LogP contribution is 2.45. The highest BCUT2D eigenvalue weighted by molar-refractivity contribution is 7.47. The normalized spacial score (nSPS) is 14.8. The molecule has 0 aromatic heterocycles. The molecule has 0 saturated heterocycles. The van der Waals surface area contributed by atoms with Crippen LogP contribution >= 0.6 is 15.6 Å². The summed E-state index contributed by atoms with van der Waals surface area (Å²) in [7, 11) is -10.00. The fraction of sp³-hybridized carbons (Fsp3) is 0.653. The first-order valence-electron chi connectivity index (χ1n) is 35.4. The second kappa shape index (κ2) is 66.8. The van der Waals surface area contributed by atoms with Gasteiger partial charge in [-0.15, -0.1) is 0 Å². The zero-order valence-corrected chi connectivity index (χ0v) is 59.9. The van der Waals surface area contributed by atoms with Crippen molar-refractivity contribution >= 4 is 39.5 Å². The Bertz CT molecular complexity index is 2310. The number of ether oxygens (including phenoxy) is 4. The van der Waals surface area contributed by atoms with Crippen LogP contribution in [0.15, 0.2) is 134 Å². The minimum Gasteiger partial charge on any atom is -0.462 e. The third kappa shape index (κ3) is 65.8. The Hall–Kier alpha value is -4.80. The second-order valence-electron chi connectivity index (χ2n) is 23.1. The van der Waals surface area contributed by atoms with Crippen molar-refractivity contribution in [3.63, 3.8) is 0 Å². The Balaban J connectivity index is 5.48. The minimum absolute atomic E-state index is 0.0791. The van der Waals surface area contributed by atoms with E-state index in [1.165, 1.54) is 70.6 Å². The summed E-state index contributed by atoms with van der Waals surface area (Å²) >= 11 is 0. The number of allylic oxidation sites excluding steroid dienone is 20. The largest absolute Gasteiger partial charge is 0.472 e. The molecule has 0 aromatic rings. The van der Waals surface area contributed by atoms with Crippen LogP contribution in [0.2, 0.25) is 0 Å². The zero-order chi connectivity index (χ0) is 69.0. The number of unbranched alkanes of at least 4 members (excludes halogenated alkanes) is 19. The number of phosphoric ester groups is 2. The lowest BCUT2D eigenvalue weighted by Crippen LogP contribution is -2.30. The quantitative estimate of drug-likeness (QED) is 0.0169. The lowest BCUT2D eigenvalue weighted by Gasteiger charge is -2.21. The summed E-state index contributed by atoms with van der Waals surface area (Å²) < 4.78 is 67.9. The Morgan fingerprint density at radius 3 is 1.01 bits per heavy atom. The number of hydrogen-bond acceptors (Lipinski definition) is 15. The Morgan fingerprint density at radius 1 is 0.319 bits per heavy atom. The van der Waals surface area contributed by atoms with Gasteiger partial charge in [-0.2, -0.15) is 0 Å². The van der Waals surface area contributed by atoms with Gasteiger partial charge in [0.15, 0.2) is 12.2 Å². The lowest BCUT2D eigenvalue weighted by molar-refractivity contribution is -0.161. The van der Waals surface area contributed by atoms with Crippen LogP contribution in [0.4, 0.5) is 0 Å². The molecule has 0 fully saturated rings. The van der Waals surface area contributed by atoms with E-state index in [9.17, 15) is 43.2 Å². The van der Waals surface area contributed by atoms with Crippen molar-refractivity contribution in [2.45, 2.75) is 277 Å². The first-order valence-corrected chi connectivity index (χ1v) is 38.4. The Morgan fingerprint density at radius 2 is 0.617 bits per heavy atom. The molecule has 0 aromatic carbocycles. The van der Waals surface area contributed by atoms with Crippen LogP contribution in [0.3, 0.4) is 0 Å². The first-order chi connectivity index (χ1) is 45.7. The van der Waals surface area contributed by atoms with Gasteiger partial charge < -0.3 is 33.8 Å². The van der Waals surface area contributed by atoms with E-state index in [-0.39, 0.29) is 25.7 Å². The van der Waals surface area contributed by atoms with Crippen molar-refractivity contribution in [1.29, 1.82) is 0 Å². The molecule has 0 heterocycles. The van der Waals surface area contributed by atoms with Crippen LogP contribution in [-0.2, 0) is 65.4 Å². The standard InChI is InChI=1S/C75H124O17P2/c1-5-9-13-17-21-25-29-32-34-37-41-44-48-52-56-60-73(78)86-66-71(92-75(80)62-58-54-50-46-42-38-35-33-30-26-22-18-14-10-6-2)68-90-94(83,84)88-64-69(76)63-87-93(81,82)89-67-70(91-74(79)61-57-53-49-45-39-28-24-20-16-12-8-4)65-85-72(77)59-55-51-47-43-40-36-31-27-23-19-15-11-7-3/h9-10,13-14,20-22,24-26,32-35,41-42,44,46,52,54,56,58,69-71,76H,5-8,11-12,15-19,23,27-31,36-40,43,45,47-51,53,55,57,59-68H2,1-4H3,(H,81,82)(H,83,84)/b13-9-,14-10-,24-20-,25-21-,26-22-,34-32-,35-33-,44-41-,46-42-,56-52-,58-54-. The maximum atomic E-state index is 13.0. The predicted octanol–water partition coefficient (Wildman–Crippen LogP) is 19.8. The van der Waals surface area contributed by atoms with Crippen molar-refractivity contribution in [3.8, 4) is 0 Å². The summed E-state index contributed by atoms with van der Waals surface area (Å²) in [5, 5.41) is 10.6. The molecule has 536 valence electrons. The molecule has 3 N–H and O–H groups in total. The number of aliphatic hydroxyl groups is 1. The molecule has 0 rings (SSSR count). The number of aliphatic hydroxyl groups excluding tert-OH is 1. The number of rotatable bonds is 65. The SMILES string of the molecule is CC/C=C\C/C=C\C/C=C\C/C=C\C/C=C\CC(=O)OCC(COP(=O)(O)OCC(O)COP(=O)(O)OCC(COC(=O)CCCCCCCCCCCCCCC)OC(=O)CCCCCCC/C=C\CCCC)OC(=O)C/C=C\C/C=C\C/C=C\C/C=C\C/C=C\CC. The van der Waals surface area contributed by atoms with Gasteiger partial charge >= 0.3 is 39.5 Å². The van der Waals surface area contributed by atoms with Crippen LogP contribution < -0.4 is 0 Å². The van der Waals surface area contributed by atoms with Crippen molar-refractivity contribution in [2.75, 3.05) is 39.6 Å². The number of carbonyl (C=O) groups excluding carboxylic acids is 4. The van der Waals surface area contributed by atoms with Gasteiger partial charge in [0.2, 0.25) is 0 Å². The fourth-order valence-corrected chi connectivity index (χ4v) is 10.4. The Kier molecular flexibility index (Phi) is 63.4. The fourth-order valence-electron chi connectivity index (χ4n) is 8.82. The number of hydrogen-bond donors (Lipinski definition) is 3. The molecule has 5 unspecified atom stereocenters. The van der Waals surface area contributed by atoms with Crippen LogP contribution in [0.1, 0.15) is 259 Å². The van der Waals surface area contributed by atoms with Gasteiger partial charge in [0.05, 0.1) is 39.3 Å². The average Bonchev–Trinajstić information content (AvgIpc) is 1.36. The summed E-state index contributed by atoms with van der Waals surface area (Å²) in [6.45, 7) is 4.33. The lowest BCUT2D eigenvalue weighted by atomic mass is 10.0. The van der Waals surface area contributed by atoms with E-state index in [0.29, 0.717) is 25.7 Å². The van der Waals surface area contributed by atoms with Gasteiger partial charge in [-0.05, 0) is 96.3 Å². The second-order valence-corrected chi connectivity index (χ2v) is 26.0. The molecule has 94 heavy (non-hydrogen) atoms.